The van der Waals surface area contributed by atoms with E-state index in [1.54, 1.807) is 24.3 Å². The van der Waals surface area contributed by atoms with Gasteiger partial charge in [-0.1, -0.05) is 36.4 Å². The maximum absolute atomic E-state index is 12.4. The number of nitrogens with zero attached hydrogens (tertiary/aromatic N) is 2. The highest BCUT2D eigenvalue weighted by molar-refractivity contribution is 7.89. The summed E-state index contributed by atoms with van der Waals surface area (Å²) in [6.45, 7) is 0.0866. The summed E-state index contributed by atoms with van der Waals surface area (Å²) >= 11 is 0. The minimum absolute atomic E-state index is 0.0866. The van der Waals surface area contributed by atoms with E-state index < -0.39 is 10.0 Å². The number of benzene rings is 2. The second-order valence-electron chi connectivity index (χ2n) is 5.70. The zero-order valence-electron chi connectivity index (χ0n) is 13.9. The highest BCUT2D eigenvalue weighted by Crippen LogP contribution is 2.19. The number of aromatic amines is 1. The van der Waals surface area contributed by atoms with Gasteiger partial charge in [-0.05, 0) is 17.7 Å². The molecule has 0 bridgehead atoms. The van der Waals surface area contributed by atoms with E-state index in [9.17, 15) is 13.2 Å². The van der Waals surface area contributed by atoms with E-state index in [-0.39, 0.29) is 23.0 Å². The Labute approximate surface area is 145 Å². The lowest BCUT2D eigenvalue weighted by Gasteiger charge is -2.15. The van der Waals surface area contributed by atoms with Crippen molar-refractivity contribution in [3.63, 3.8) is 0 Å². The molecule has 1 heterocycles. The lowest BCUT2D eigenvalue weighted by Crippen LogP contribution is -2.27. The van der Waals surface area contributed by atoms with Gasteiger partial charge in [-0.2, -0.15) is 5.10 Å². The van der Waals surface area contributed by atoms with Gasteiger partial charge in [0.15, 0.2) is 5.69 Å². The number of para-hydroxylation sites is 1. The molecule has 2 aromatic carbocycles. The molecule has 1 aromatic heterocycles. The molecular formula is C17H18N4O3S. The summed E-state index contributed by atoms with van der Waals surface area (Å²) in [6, 6.07) is 13.9. The average molecular weight is 358 g/mol. The van der Waals surface area contributed by atoms with E-state index in [0.717, 1.165) is 9.82 Å². The number of hydrogen-bond acceptors (Lipinski definition) is 4. The molecule has 0 unspecified atom stereocenters. The van der Waals surface area contributed by atoms with Crippen LogP contribution in [0.2, 0.25) is 0 Å². The predicted molar refractivity (Wildman–Crippen MR) is 94.6 cm³/mol. The highest BCUT2D eigenvalue weighted by atomic mass is 32.2. The van der Waals surface area contributed by atoms with Crippen LogP contribution in [0.3, 0.4) is 0 Å². The normalized spacial score (nSPS) is 11.8. The molecule has 1 amide bonds. The van der Waals surface area contributed by atoms with Gasteiger partial charge < -0.3 is 5.32 Å². The summed E-state index contributed by atoms with van der Waals surface area (Å²) in [7, 11) is -0.638. The molecule has 0 radical (unpaired) electrons. The van der Waals surface area contributed by atoms with E-state index >= 15 is 0 Å². The first-order valence-corrected chi connectivity index (χ1v) is 9.07. The number of fused-ring (bicyclic) bond motifs is 1. The maximum Gasteiger partial charge on any atom is 0.272 e. The minimum atomic E-state index is -3.58. The van der Waals surface area contributed by atoms with Crippen molar-refractivity contribution in [1.29, 1.82) is 0 Å². The summed E-state index contributed by atoms with van der Waals surface area (Å²) in [4.78, 5) is 12.6. The van der Waals surface area contributed by atoms with Crippen molar-refractivity contribution < 1.29 is 13.2 Å². The molecule has 0 spiro atoms. The second-order valence-corrected chi connectivity index (χ2v) is 7.82. The molecule has 0 fully saturated rings. The van der Waals surface area contributed by atoms with Gasteiger partial charge in [0.05, 0.1) is 10.4 Å². The third-order valence-corrected chi connectivity index (χ3v) is 5.77. The zero-order chi connectivity index (χ0) is 18.0. The van der Waals surface area contributed by atoms with E-state index in [2.05, 4.69) is 15.5 Å². The van der Waals surface area contributed by atoms with Crippen LogP contribution in [0.4, 0.5) is 0 Å². The van der Waals surface area contributed by atoms with Crippen LogP contribution in [-0.4, -0.2) is 42.9 Å². The molecule has 0 aliphatic heterocycles. The van der Waals surface area contributed by atoms with Crippen LogP contribution in [0.15, 0.2) is 53.4 Å². The van der Waals surface area contributed by atoms with Gasteiger partial charge in [0.2, 0.25) is 10.0 Å². The van der Waals surface area contributed by atoms with Crippen LogP contribution in [0.25, 0.3) is 10.9 Å². The summed E-state index contributed by atoms with van der Waals surface area (Å²) < 4.78 is 25.9. The first-order valence-electron chi connectivity index (χ1n) is 7.63. The third-order valence-electron chi connectivity index (χ3n) is 3.86. The summed E-state index contributed by atoms with van der Waals surface area (Å²) in [5.41, 5.74) is 1.57. The van der Waals surface area contributed by atoms with Crippen molar-refractivity contribution in [2.24, 2.45) is 0 Å². The molecule has 8 heteroatoms. The number of carbonyl (C=O) groups is 1. The Morgan fingerprint density at radius 3 is 2.56 bits per heavy atom. The van der Waals surface area contributed by atoms with E-state index in [4.69, 9.17) is 0 Å². The van der Waals surface area contributed by atoms with E-state index in [0.29, 0.717) is 10.9 Å². The zero-order valence-corrected chi connectivity index (χ0v) is 14.7. The minimum Gasteiger partial charge on any atom is -0.346 e. The van der Waals surface area contributed by atoms with Gasteiger partial charge in [-0.25, -0.2) is 12.7 Å². The molecule has 0 aliphatic carbocycles. The van der Waals surface area contributed by atoms with Crippen molar-refractivity contribution in [3.8, 4) is 0 Å². The van der Waals surface area contributed by atoms with Crippen molar-refractivity contribution in [2.75, 3.05) is 14.1 Å². The fourth-order valence-corrected chi connectivity index (χ4v) is 3.61. The number of carbonyl (C=O) groups excluding carboxylic acids is 1. The Morgan fingerprint density at radius 1 is 1.12 bits per heavy atom. The van der Waals surface area contributed by atoms with Crippen LogP contribution < -0.4 is 5.32 Å². The van der Waals surface area contributed by atoms with Crippen LogP contribution in [0.1, 0.15) is 16.1 Å². The number of amides is 1. The van der Waals surface area contributed by atoms with Gasteiger partial charge in [-0.15, -0.1) is 0 Å². The lowest BCUT2D eigenvalue weighted by molar-refractivity contribution is 0.0947. The number of nitrogens with one attached hydrogen (secondary N) is 2. The van der Waals surface area contributed by atoms with Crippen molar-refractivity contribution in [2.45, 2.75) is 11.4 Å². The van der Waals surface area contributed by atoms with Crippen LogP contribution in [0.5, 0.6) is 0 Å². The Bertz CT molecular complexity index is 1030. The van der Waals surface area contributed by atoms with Crippen LogP contribution in [0, 0.1) is 0 Å². The van der Waals surface area contributed by atoms with Gasteiger partial charge in [0, 0.05) is 26.0 Å². The topological polar surface area (TPSA) is 95.2 Å². The lowest BCUT2D eigenvalue weighted by atomic mass is 10.2. The molecule has 25 heavy (non-hydrogen) atoms. The summed E-state index contributed by atoms with van der Waals surface area (Å²) in [5.74, 6) is -0.366. The van der Waals surface area contributed by atoms with Crippen LogP contribution in [-0.2, 0) is 16.6 Å². The monoisotopic (exact) mass is 358 g/mol. The van der Waals surface area contributed by atoms with Crippen LogP contribution >= 0.6 is 0 Å². The first kappa shape index (κ1) is 17.1. The number of aromatic nitrogens is 2. The Kier molecular flexibility index (Phi) is 4.56. The average Bonchev–Trinajstić information content (AvgIpc) is 3.04. The fraction of sp³-hybridized carbons (Fsp3) is 0.176. The van der Waals surface area contributed by atoms with E-state index in [1.807, 2.05) is 18.2 Å². The molecule has 2 N–H and O–H groups in total. The summed E-state index contributed by atoms with van der Waals surface area (Å²) in [6.07, 6.45) is 0. The van der Waals surface area contributed by atoms with Gasteiger partial charge in [0.1, 0.15) is 0 Å². The maximum atomic E-state index is 12.4. The predicted octanol–water partition coefficient (Wildman–Crippen LogP) is 1.74. The SMILES string of the molecule is CN(C)S(=O)(=O)c1ccccc1CNC(=O)c1n[nH]c2ccccc12. The van der Waals surface area contributed by atoms with Crippen molar-refractivity contribution >= 4 is 26.8 Å². The quantitative estimate of drug-likeness (QED) is 0.726. The molecule has 0 atom stereocenters. The molecule has 3 rings (SSSR count). The summed E-state index contributed by atoms with van der Waals surface area (Å²) in [5, 5.41) is 10.3. The van der Waals surface area contributed by atoms with Crippen molar-refractivity contribution in [3.05, 3.63) is 59.8 Å². The van der Waals surface area contributed by atoms with Gasteiger partial charge >= 0.3 is 0 Å². The molecule has 130 valence electrons. The second kappa shape index (κ2) is 6.66. The highest BCUT2D eigenvalue weighted by Gasteiger charge is 2.21. The van der Waals surface area contributed by atoms with E-state index in [1.165, 1.54) is 20.2 Å². The Hall–Kier alpha value is -2.71. The number of hydrogen-bond donors (Lipinski definition) is 2. The van der Waals surface area contributed by atoms with Gasteiger partial charge in [0.25, 0.3) is 5.91 Å². The molecule has 7 nitrogen and oxygen atoms in total. The molecular weight excluding hydrogens is 340 g/mol. The van der Waals surface area contributed by atoms with Crippen molar-refractivity contribution in [1.82, 2.24) is 19.8 Å². The largest absolute Gasteiger partial charge is 0.346 e. The molecule has 0 aliphatic rings. The third kappa shape index (κ3) is 3.26. The Balaban J connectivity index is 1.84. The number of rotatable bonds is 5. The smallest absolute Gasteiger partial charge is 0.272 e. The Morgan fingerprint density at radius 2 is 1.80 bits per heavy atom. The fourth-order valence-electron chi connectivity index (χ4n) is 2.49. The molecule has 0 saturated heterocycles. The number of sulfonamides is 1. The standard InChI is InChI=1S/C17H18N4O3S/c1-21(2)25(23,24)15-10-6-3-7-12(15)11-18-17(22)16-13-8-4-5-9-14(13)19-20-16/h3-10H,11H2,1-2H3,(H,18,22)(H,19,20). The molecule has 0 saturated carbocycles. The number of H-pyrrole nitrogens is 1. The molecule has 3 aromatic rings. The van der Waals surface area contributed by atoms with Gasteiger partial charge in [-0.3, -0.25) is 9.89 Å². The first-order chi connectivity index (χ1) is 11.9.